The fourth-order valence-corrected chi connectivity index (χ4v) is 5.31. The Balaban J connectivity index is 1.72. The van der Waals surface area contributed by atoms with Crippen molar-refractivity contribution in [2.75, 3.05) is 25.6 Å². The highest BCUT2D eigenvalue weighted by Gasteiger charge is 2.40. The topological polar surface area (TPSA) is 41.7 Å². The molecule has 2 aliphatic heterocycles. The second-order valence-electron chi connectivity index (χ2n) is 8.87. The summed E-state index contributed by atoms with van der Waals surface area (Å²) in [6.45, 7) is 5.36. The molecule has 2 aromatic carbocycles. The molecule has 2 aromatic rings. The predicted octanol–water partition coefficient (Wildman–Crippen LogP) is 4.62. The lowest BCUT2D eigenvalue weighted by Crippen LogP contribution is -2.44. The molecular weight excluding hydrogens is 378 g/mol. The van der Waals surface area contributed by atoms with Gasteiger partial charge >= 0.3 is 0 Å². The van der Waals surface area contributed by atoms with E-state index in [1.807, 2.05) is 12.1 Å². The first-order valence-electron chi connectivity index (χ1n) is 10.4. The predicted molar refractivity (Wildman–Crippen MR) is 124 cm³/mol. The number of likely N-dealkylation sites (N-methyl/N-ethyl adjacent to an activating group) is 1. The van der Waals surface area contributed by atoms with Gasteiger partial charge in [0.15, 0.2) is 0 Å². The van der Waals surface area contributed by atoms with Crippen LogP contribution in [0.5, 0.6) is 5.75 Å². The molecule has 1 fully saturated rings. The third-order valence-corrected chi connectivity index (χ3v) is 7.48. The number of piperidine rings is 1. The van der Waals surface area contributed by atoms with Gasteiger partial charge in [-0.2, -0.15) is 0 Å². The normalized spacial score (nSPS) is 23.9. The molecule has 2 aliphatic rings. The number of anilines is 1. The first-order chi connectivity index (χ1) is 13.8. The van der Waals surface area contributed by atoms with Crippen molar-refractivity contribution in [1.82, 2.24) is 5.01 Å². The Morgan fingerprint density at radius 1 is 1.21 bits per heavy atom. The summed E-state index contributed by atoms with van der Waals surface area (Å²) < 4.78 is 5.82. The number of ether oxygens (including phenoxy) is 1. The van der Waals surface area contributed by atoms with Crippen LogP contribution in [0.25, 0.3) is 0 Å². The number of benzene rings is 2. The van der Waals surface area contributed by atoms with Crippen LogP contribution in [0.1, 0.15) is 49.4 Å². The van der Waals surface area contributed by atoms with Crippen molar-refractivity contribution in [2.24, 2.45) is 11.8 Å². The van der Waals surface area contributed by atoms with E-state index in [-0.39, 0.29) is 11.5 Å². The average Bonchev–Trinajstić information content (AvgIpc) is 2.88. The summed E-state index contributed by atoms with van der Waals surface area (Å²) >= 11 is 5.73. The molecule has 0 unspecified atom stereocenters. The fourth-order valence-electron chi connectivity index (χ4n) is 5.10. The number of hydrogen-bond donors (Lipinski definition) is 1. The molecule has 0 amide bonds. The van der Waals surface area contributed by atoms with Crippen LogP contribution in [0.2, 0.25) is 0 Å². The highest BCUT2D eigenvalue weighted by molar-refractivity contribution is 7.80. The summed E-state index contributed by atoms with van der Waals surface area (Å²) in [7, 11) is 3.81. The lowest BCUT2D eigenvalue weighted by Gasteiger charge is -2.39. The van der Waals surface area contributed by atoms with Gasteiger partial charge in [-0.3, -0.25) is 5.84 Å². The van der Waals surface area contributed by atoms with Crippen molar-refractivity contribution in [3.05, 3.63) is 59.2 Å². The first kappa shape index (κ1) is 20.3. The van der Waals surface area contributed by atoms with Crippen molar-refractivity contribution in [3.63, 3.8) is 0 Å². The van der Waals surface area contributed by atoms with Crippen LogP contribution < -0.4 is 15.5 Å². The monoisotopic (exact) mass is 409 g/mol. The van der Waals surface area contributed by atoms with E-state index < -0.39 is 0 Å². The summed E-state index contributed by atoms with van der Waals surface area (Å²) in [5, 5.41) is 2.02. The van der Waals surface area contributed by atoms with Crippen LogP contribution in [0.4, 0.5) is 5.69 Å². The van der Waals surface area contributed by atoms with Gasteiger partial charge in [-0.25, -0.2) is 5.01 Å². The Morgan fingerprint density at radius 2 is 1.93 bits per heavy atom. The zero-order valence-corrected chi connectivity index (χ0v) is 18.6. The quantitative estimate of drug-likeness (QED) is 0.589. The molecule has 2 heterocycles. The van der Waals surface area contributed by atoms with Crippen molar-refractivity contribution < 1.29 is 4.74 Å². The maximum Gasteiger partial charge on any atom is 0.124 e. The minimum Gasteiger partial charge on any atom is -0.496 e. The van der Waals surface area contributed by atoms with E-state index in [1.165, 1.54) is 16.7 Å². The Morgan fingerprint density at radius 3 is 2.62 bits per heavy atom. The average molecular weight is 410 g/mol. The second kappa shape index (κ2) is 7.71. The van der Waals surface area contributed by atoms with Gasteiger partial charge < -0.3 is 9.64 Å². The molecule has 2 N–H and O–H groups in total. The molecule has 4 nitrogen and oxygen atoms in total. The van der Waals surface area contributed by atoms with E-state index in [4.69, 9.17) is 22.8 Å². The Hall–Kier alpha value is -1.95. The van der Waals surface area contributed by atoms with Crippen molar-refractivity contribution in [2.45, 2.75) is 44.6 Å². The van der Waals surface area contributed by atoms with Gasteiger partial charge in [0.25, 0.3) is 0 Å². The third-order valence-electron chi connectivity index (χ3n) is 6.69. The first-order valence-corrected chi connectivity index (χ1v) is 10.8. The molecular formula is C24H31N3OS. The highest BCUT2D eigenvalue weighted by atomic mass is 32.1. The number of nitrogens with two attached hydrogens (primary N) is 1. The van der Waals surface area contributed by atoms with Crippen molar-refractivity contribution in [3.8, 4) is 5.75 Å². The number of methoxy groups -OCH3 is 1. The Kier molecular flexibility index (Phi) is 5.40. The van der Waals surface area contributed by atoms with Crippen LogP contribution >= 0.6 is 12.2 Å². The largest absolute Gasteiger partial charge is 0.496 e. The smallest absolute Gasteiger partial charge is 0.124 e. The van der Waals surface area contributed by atoms with Crippen molar-refractivity contribution >= 4 is 22.9 Å². The number of thiocarbonyl (C=S) groups is 1. The lowest BCUT2D eigenvalue weighted by molar-refractivity contribution is 0.0923. The van der Waals surface area contributed by atoms with Gasteiger partial charge in [-0.1, -0.05) is 42.5 Å². The Bertz CT molecular complexity index is 912. The van der Waals surface area contributed by atoms with E-state index in [2.05, 4.69) is 61.2 Å². The maximum absolute atomic E-state index is 6.47. The van der Waals surface area contributed by atoms with Crippen LogP contribution in [-0.2, 0) is 11.8 Å². The number of hydrazine groups is 1. The third kappa shape index (κ3) is 3.45. The molecule has 0 saturated carbocycles. The molecule has 0 aliphatic carbocycles. The van der Waals surface area contributed by atoms with Crippen molar-refractivity contribution in [1.29, 1.82) is 0 Å². The van der Waals surface area contributed by atoms with E-state index in [0.29, 0.717) is 5.92 Å². The molecule has 5 heteroatoms. The zero-order chi connectivity index (χ0) is 20.8. The van der Waals surface area contributed by atoms with Crippen LogP contribution in [0, 0.1) is 5.92 Å². The number of hydrogen-bond acceptors (Lipinski definition) is 4. The molecule has 1 saturated heterocycles. The summed E-state index contributed by atoms with van der Waals surface area (Å²) in [6.07, 6.45) is 3.22. The van der Waals surface area contributed by atoms with E-state index in [9.17, 15) is 0 Å². The van der Waals surface area contributed by atoms with Crippen LogP contribution in [0.3, 0.4) is 0 Å². The lowest BCUT2D eigenvalue weighted by atomic mass is 9.80. The highest BCUT2D eigenvalue weighted by Crippen LogP contribution is 2.46. The van der Waals surface area contributed by atoms with Gasteiger partial charge in [0.1, 0.15) is 5.75 Å². The van der Waals surface area contributed by atoms with E-state index >= 15 is 0 Å². The molecule has 0 bridgehead atoms. The van der Waals surface area contributed by atoms with Gasteiger partial charge in [-0.05, 0) is 61.8 Å². The van der Waals surface area contributed by atoms with Gasteiger partial charge in [-0.15, -0.1) is 0 Å². The minimum atomic E-state index is -0.147. The van der Waals surface area contributed by atoms with Gasteiger partial charge in [0.05, 0.1) is 18.1 Å². The fraction of sp³-hybridized carbons (Fsp3) is 0.458. The number of fused-ring (bicyclic) bond motifs is 1. The summed E-state index contributed by atoms with van der Waals surface area (Å²) in [5.74, 6) is 7.86. The minimum absolute atomic E-state index is 0.147. The number of nitrogens with zero attached hydrogens (tertiary/aromatic N) is 2. The zero-order valence-electron chi connectivity index (χ0n) is 17.8. The molecule has 2 atom stereocenters. The molecule has 0 aromatic heterocycles. The molecule has 4 rings (SSSR count). The van der Waals surface area contributed by atoms with Gasteiger partial charge in [0, 0.05) is 30.8 Å². The van der Waals surface area contributed by atoms with Crippen LogP contribution in [0.15, 0.2) is 42.5 Å². The molecule has 0 radical (unpaired) electrons. The SMILES string of the molecule is COc1cc2c(cc1C[C@@H]1CCCN(N)[C@@H]1c1ccccc1)C(C)(C)C(=S)N2C. The van der Waals surface area contributed by atoms with Crippen LogP contribution in [-0.4, -0.2) is 30.7 Å². The molecule has 0 spiro atoms. The molecule has 29 heavy (non-hydrogen) atoms. The summed E-state index contributed by atoms with van der Waals surface area (Å²) in [4.78, 5) is 3.08. The summed E-state index contributed by atoms with van der Waals surface area (Å²) in [6, 6.07) is 15.4. The Labute approximate surface area is 179 Å². The maximum atomic E-state index is 6.47. The van der Waals surface area contributed by atoms with E-state index in [1.54, 1.807) is 7.11 Å². The van der Waals surface area contributed by atoms with E-state index in [0.717, 1.165) is 42.2 Å². The van der Waals surface area contributed by atoms with Gasteiger partial charge in [0.2, 0.25) is 0 Å². The summed E-state index contributed by atoms with van der Waals surface area (Å²) in [5.41, 5.74) is 4.84. The standard InChI is InChI=1S/C24H31N3OS/c1-24(2)19-14-18(21(28-4)15-20(19)26(3)23(24)29)13-17-11-8-12-27(25)22(17)16-9-6-5-7-10-16/h5-7,9-10,14-15,17,22H,8,11-13,25H2,1-4H3/t17-,22+/m0/s1. The molecule has 154 valence electrons. The second-order valence-corrected chi connectivity index (χ2v) is 9.26. The number of rotatable bonds is 4.